The van der Waals surface area contributed by atoms with E-state index in [1.54, 1.807) is 0 Å². The number of azo groups is 1. The Morgan fingerprint density at radius 2 is 1.23 bits per heavy atom. The summed E-state index contributed by atoms with van der Waals surface area (Å²) in [6, 6.07) is 10.2. The van der Waals surface area contributed by atoms with Gasteiger partial charge in [-0.2, -0.15) is 15.3 Å². The molecule has 2 aliphatic carbocycles. The number of fused-ring (bicyclic) bond motifs is 1. The average Bonchev–Trinajstić information content (AvgIpc) is 3.02. The summed E-state index contributed by atoms with van der Waals surface area (Å²) in [6.45, 7) is 0. The fourth-order valence-electron chi connectivity index (χ4n) is 4.36. The molecule has 3 aromatic rings. The van der Waals surface area contributed by atoms with Gasteiger partial charge >= 0.3 is 88.7 Å². The van der Waals surface area contributed by atoms with Gasteiger partial charge in [0.2, 0.25) is 11.6 Å². The van der Waals surface area contributed by atoms with Gasteiger partial charge < -0.3 is 25.1 Å². The molecule has 0 aliphatic heterocycles. The smallest absolute Gasteiger partial charge is 0.744 e. The maximum Gasteiger partial charge on any atom is 1.00 e. The summed E-state index contributed by atoms with van der Waals surface area (Å²) in [5, 5.41) is 15.3. The third-order valence-corrected chi connectivity index (χ3v) is 9.25. The number of carbonyl (C=O) groups is 2. The first-order valence-electron chi connectivity index (χ1n) is 13.4. The number of hydrogen-bond acceptors (Lipinski definition) is 19. The summed E-state index contributed by atoms with van der Waals surface area (Å²) in [7, 11) is -15.7. The van der Waals surface area contributed by atoms with Gasteiger partial charge in [0.25, 0.3) is 0 Å². The summed E-state index contributed by atoms with van der Waals surface area (Å²) >= 11 is 0. The first kappa shape index (κ1) is 46.2. The molecular weight excluding hydrogens is 790 g/mol. The van der Waals surface area contributed by atoms with E-state index in [1.165, 1.54) is 42.5 Å². The first-order valence-corrected chi connectivity index (χ1v) is 17.6. The van der Waals surface area contributed by atoms with Crippen molar-refractivity contribution in [2.45, 2.75) is 9.79 Å². The molecule has 0 radical (unpaired) electrons. The third kappa shape index (κ3) is 11.1. The second-order valence-corrected chi connectivity index (χ2v) is 14.2. The molecule has 6 N–H and O–H groups in total. The molecule has 0 fully saturated rings. The van der Waals surface area contributed by atoms with E-state index < -0.39 is 84.8 Å². The number of ketones is 2. The largest absolute Gasteiger partial charge is 1.00 e. The molecule has 0 bridgehead atoms. The molecule has 0 saturated heterocycles. The van der Waals surface area contributed by atoms with Crippen LogP contribution in [0.4, 0.5) is 28.4 Å². The number of anilines is 3. The Balaban J connectivity index is 0.00000324. The molecule has 0 spiro atoms. The van der Waals surface area contributed by atoms with Crippen molar-refractivity contribution in [2.24, 2.45) is 26.2 Å². The monoisotopic (exact) mass is 808 g/mol. The van der Waals surface area contributed by atoms with Crippen molar-refractivity contribution >= 4 is 87.9 Å². The van der Waals surface area contributed by atoms with Crippen molar-refractivity contribution in [1.82, 2.24) is 0 Å². The van der Waals surface area contributed by atoms with E-state index in [0.29, 0.717) is 17.8 Å². The van der Waals surface area contributed by atoms with Crippen LogP contribution in [0.3, 0.4) is 0 Å². The van der Waals surface area contributed by atoms with E-state index in [0.717, 1.165) is 24.3 Å². The Kier molecular flexibility index (Phi) is 15.8. The number of hydrogen-bond donors (Lipinski definition) is 4. The van der Waals surface area contributed by atoms with Gasteiger partial charge in [-0.25, -0.2) is 25.3 Å². The van der Waals surface area contributed by atoms with E-state index in [1.807, 2.05) is 0 Å². The maximum atomic E-state index is 13.6. The number of hydrazone groups is 2. The number of nitrogens with two attached hydrogens (primary N) is 2. The minimum absolute atomic E-state index is 0. The first-order chi connectivity index (χ1) is 23.3. The summed E-state index contributed by atoms with van der Waals surface area (Å²) in [6.07, 6.45) is 4.69. The summed E-state index contributed by atoms with van der Waals surface area (Å²) in [5.74, 6) is -1.72. The third-order valence-electron chi connectivity index (χ3n) is 6.70. The van der Waals surface area contributed by atoms with Gasteiger partial charge in [0.1, 0.15) is 47.5 Å². The van der Waals surface area contributed by atoms with Gasteiger partial charge in [0.15, 0.2) is 0 Å². The second kappa shape index (κ2) is 18.1. The molecule has 53 heavy (non-hydrogen) atoms. The zero-order valence-corrected chi connectivity index (χ0v) is 36.1. The topological polar surface area (TPSA) is 331 Å². The van der Waals surface area contributed by atoms with E-state index in [4.69, 9.17) is 11.5 Å². The van der Waals surface area contributed by atoms with E-state index >= 15 is 0 Å². The van der Waals surface area contributed by atoms with E-state index in [-0.39, 0.29) is 111 Å². The molecular formula is C28H19N8Na3O11S3. The molecule has 2 aliphatic rings. The van der Waals surface area contributed by atoms with Gasteiger partial charge in [-0.3, -0.25) is 20.4 Å². The van der Waals surface area contributed by atoms with Crippen LogP contribution in [0.1, 0.15) is 15.9 Å². The molecule has 0 atom stereocenters. The Morgan fingerprint density at radius 3 is 1.75 bits per heavy atom. The van der Waals surface area contributed by atoms with Crippen molar-refractivity contribution in [1.29, 1.82) is 0 Å². The van der Waals surface area contributed by atoms with Gasteiger partial charge in [0, 0.05) is 11.8 Å². The van der Waals surface area contributed by atoms with Crippen LogP contribution >= 0.6 is 0 Å². The molecule has 19 nitrogen and oxygen atoms in total. The summed E-state index contributed by atoms with van der Waals surface area (Å²) < 4.78 is 107. The average molecular weight is 809 g/mol. The molecule has 3 aromatic carbocycles. The van der Waals surface area contributed by atoms with E-state index in [2.05, 4.69) is 31.3 Å². The van der Waals surface area contributed by atoms with E-state index in [9.17, 15) is 48.5 Å². The number of nitrogen functional groups attached to an aromatic ring is 1. The van der Waals surface area contributed by atoms with Gasteiger partial charge in [0.05, 0.1) is 43.0 Å². The quantitative estimate of drug-likeness (QED) is 0.0390. The standard InChI is InChI=1S/C28H22N8O11S3.3Na/c29-15-1-10-20(21(37)13-15)34-31-16-2-4-17(5-3-16)32-35-26-22(49(42,43)44)11-14-12-23(50(45,46)47)27(28(38)24(14)25(26)30)36-33-18-6-8-19(9-7-18)48(39,40)41;;;/h1-13,31,33H,29-30H2,(H,39,40,41)(H,42,43,44)(H,45,46,47);;;/q;3*+1/p-3/b34-20-,35-32?,36-27+;;;. The zero-order chi connectivity index (χ0) is 36.6. The molecule has 5 rings (SSSR count). The number of nitrogens with one attached hydrogen (secondary N) is 2. The molecule has 258 valence electrons. The van der Waals surface area contributed by atoms with Gasteiger partial charge in [-0.1, -0.05) is 0 Å². The van der Waals surface area contributed by atoms with Crippen molar-refractivity contribution in [3.05, 3.63) is 94.6 Å². The predicted octanol–water partition coefficient (Wildman–Crippen LogP) is -7.20. The van der Waals surface area contributed by atoms with Crippen LogP contribution in [-0.4, -0.2) is 61.9 Å². The molecule has 0 aromatic heterocycles. The fourth-order valence-corrected chi connectivity index (χ4v) is 6.14. The Morgan fingerprint density at radius 1 is 0.660 bits per heavy atom. The van der Waals surface area contributed by atoms with Crippen molar-refractivity contribution in [3.63, 3.8) is 0 Å². The Bertz CT molecular complexity index is 2500. The van der Waals surface area contributed by atoms with Crippen LogP contribution in [0, 0.1) is 0 Å². The number of benzene rings is 3. The SMILES string of the molecule is NC1=CC(=O)/C(=N\Nc2ccc(N=Nc3c(S(=O)(=O)[O-])cc4c(c3N)C(=O)/C(=N/Nc3ccc(S(=O)(=O)[O-])cc3)C(S(=O)(=O)[O-])=C4)cc2)C=C1.[Na+].[Na+].[Na+]. The number of Topliss-reactive ketones (excluding diaryl/α,β-unsaturated/α-hetero) is 1. The Hall–Kier alpha value is -2.91. The molecule has 0 saturated carbocycles. The fraction of sp³-hybridized carbons (Fsp3) is 0. The predicted molar refractivity (Wildman–Crippen MR) is 174 cm³/mol. The minimum Gasteiger partial charge on any atom is -0.744 e. The molecule has 0 heterocycles. The van der Waals surface area contributed by atoms with Crippen LogP contribution in [0.2, 0.25) is 0 Å². The van der Waals surface area contributed by atoms with Crippen LogP contribution < -0.4 is 111 Å². The Labute approximate surface area is 368 Å². The van der Waals surface area contributed by atoms with Crippen LogP contribution in [0.25, 0.3) is 6.08 Å². The molecule has 0 unspecified atom stereocenters. The second-order valence-electron chi connectivity index (χ2n) is 10.1. The summed E-state index contributed by atoms with van der Waals surface area (Å²) in [5.41, 5.74) is 13.8. The normalized spacial score (nSPS) is 15.8. The van der Waals surface area contributed by atoms with Gasteiger partial charge in [-0.15, -0.1) is 5.11 Å². The number of allylic oxidation sites excluding steroid dienone is 4. The number of nitrogens with zero attached hydrogens (tertiary/aromatic N) is 4. The minimum atomic E-state index is -5.47. The van der Waals surface area contributed by atoms with Crippen LogP contribution in [-0.2, 0) is 35.1 Å². The number of rotatable bonds is 9. The van der Waals surface area contributed by atoms with Crippen LogP contribution in [0.15, 0.2) is 114 Å². The summed E-state index contributed by atoms with van der Waals surface area (Å²) in [4.78, 5) is 22.6. The zero-order valence-electron chi connectivity index (χ0n) is 27.7. The van der Waals surface area contributed by atoms with Crippen LogP contribution in [0.5, 0.6) is 0 Å². The molecule has 0 amide bonds. The van der Waals surface area contributed by atoms with Crippen molar-refractivity contribution in [2.75, 3.05) is 16.6 Å². The molecule has 25 heteroatoms. The van der Waals surface area contributed by atoms with Crippen molar-refractivity contribution in [3.8, 4) is 0 Å². The van der Waals surface area contributed by atoms with Gasteiger partial charge in [-0.05, 0) is 78.4 Å². The maximum absolute atomic E-state index is 13.6. The van der Waals surface area contributed by atoms with Crippen molar-refractivity contribution < 1.29 is 137 Å². The number of carbonyl (C=O) groups excluding carboxylic acids is 2.